The highest BCUT2D eigenvalue weighted by Crippen LogP contribution is 2.51. The summed E-state index contributed by atoms with van der Waals surface area (Å²) in [6.45, 7) is 11.2. The lowest BCUT2D eigenvalue weighted by atomic mass is 9.71. The maximum atomic E-state index is 13.0. The summed E-state index contributed by atoms with van der Waals surface area (Å²) in [5.74, 6) is 1.08. The Labute approximate surface area is 122 Å². The van der Waals surface area contributed by atoms with Crippen molar-refractivity contribution in [1.29, 1.82) is 0 Å². The zero-order valence-electron chi connectivity index (χ0n) is 13.1. The van der Waals surface area contributed by atoms with Crippen molar-refractivity contribution in [3.63, 3.8) is 0 Å². The van der Waals surface area contributed by atoms with Crippen molar-refractivity contribution in [3.05, 3.63) is 0 Å². The van der Waals surface area contributed by atoms with Gasteiger partial charge in [-0.2, -0.15) is 0 Å². The third kappa shape index (κ3) is 1.58. The van der Waals surface area contributed by atoms with E-state index in [1.54, 1.807) is 0 Å². The summed E-state index contributed by atoms with van der Waals surface area (Å²) in [6, 6.07) is 0.221. The molecule has 4 saturated heterocycles. The Kier molecular flexibility index (Phi) is 2.60. The van der Waals surface area contributed by atoms with Crippen molar-refractivity contribution in [1.82, 2.24) is 14.7 Å². The first-order valence-electron chi connectivity index (χ1n) is 8.13. The molecular formula is C16H27N3O. The fourth-order valence-electron chi connectivity index (χ4n) is 5.52. The molecule has 1 amide bonds. The van der Waals surface area contributed by atoms with Crippen LogP contribution in [0.3, 0.4) is 0 Å². The van der Waals surface area contributed by atoms with Gasteiger partial charge in [-0.25, -0.2) is 0 Å². The molecule has 0 radical (unpaired) electrons. The lowest BCUT2D eigenvalue weighted by molar-refractivity contribution is -0.135. The van der Waals surface area contributed by atoms with Crippen molar-refractivity contribution in [2.45, 2.75) is 32.7 Å². The van der Waals surface area contributed by atoms with E-state index in [0.717, 1.165) is 39.3 Å². The predicted molar refractivity (Wildman–Crippen MR) is 78.4 cm³/mol. The number of amides is 1. The molecule has 4 aliphatic heterocycles. The lowest BCUT2D eigenvalue weighted by Crippen LogP contribution is -2.45. The molecule has 0 saturated carbocycles. The van der Waals surface area contributed by atoms with Crippen molar-refractivity contribution < 1.29 is 4.79 Å². The van der Waals surface area contributed by atoms with Crippen LogP contribution in [0.15, 0.2) is 0 Å². The summed E-state index contributed by atoms with van der Waals surface area (Å²) in [4.78, 5) is 20.0. The van der Waals surface area contributed by atoms with Crippen LogP contribution in [-0.2, 0) is 4.79 Å². The minimum Gasteiger partial charge on any atom is -0.340 e. The minimum atomic E-state index is 0.221. The standard InChI is InChI=1S/C16H27N3O/c1-15-8-17(3)9-16(15,2)11-19(10-15)14(20)13-12-4-6-18(13)7-5-12/h12-13H,4-11H2,1-3H3. The Morgan fingerprint density at radius 3 is 2.00 bits per heavy atom. The van der Waals surface area contributed by atoms with Crippen LogP contribution < -0.4 is 0 Å². The van der Waals surface area contributed by atoms with Gasteiger partial charge in [0.1, 0.15) is 0 Å². The lowest BCUT2D eigenvalue weighted by Gasteiger charge is -2.30. The molecule has 3 atom stereocenters. The van der Waals surface area contributed by atoms with Gasteiger partial charge >= 0.3 is 0 Å². The van der Waals surface area contributed by atoms with Gasteiger partial charge in [0, 0.05) is 37.0 Å². The molecule has 0 spiro atoms. The molecule has 4 rings (SSSR count). The average Bonchev–Trinajstić information content (AvgIpc) is 3.04. The third-order valence-corrected chi connectivity index (χ3v) is 6.75. The largest absolute Gasteiger partial charge is 0.340 e. The number of carbonyl (C=O) groups is 1. The third-order valence-electron chi connectivity index (χ3n) is 6.75. The molecule has 112 valence electrons. The average molecular weight is 277 g/mol. The molecule has 0 aromatic carbocycles. The van der Waals surface area contributed by atoms with Gasteiger partial charge in [-0.1, -0.05) is 13.8 Å². The molecule has 4 heteroatoms. The van der Waals surface area contributed by atoms with Gasteiger partial charge in [0.05, 0.1) is 6.04 Å². The van der Waals surface area contributed by atoms with Crippen LogP contribution in [0.4, 0.5) is 0 Å². The van der Waals surface area contributed by atoms with Crippen LogP contribution in [-0.4, -0.2) is 73.0 Å². The smallest absolute Gasteiger partial charge is 0.240 e. The summed E-state index contributed by atoms with van der Waals surface area (Å²) in [6.07, 6.45) is 2.48. The molecule has 4 nitrogen and oxygen atoms in total. The molecule has 2 bridgehead atoms. The summed E-state index contributed by atoms with van der Waals surface area (Å²) < 4.78 is 0. The van der Waals surface area contributed by atoms with Crippen LogP contribution in [0.1, 0.15) is 26.7 Å². The number of hydrogen-bond acceptors (Lipinski definition) is 3. The Morgan fingerprint density at radius 1 is 1.00 bits per heavy atom. The first-order chi connectivity index (χ1) is 9.42. The highest BCUT2D eigenvalue weighted by Gasteiger charge is 2.59. The van der Waals surface area contributed by atoms with Gasteiger partial charge < -0.3 is 9.80 Å². The summed E-state index contributed by atoms with van der Waals surface area (Å²) in [5.41, 5.74) is 0.564. The number of piperidine rings is 1. The van der Waals surface area contributed by atoms with Crippen LogP contribution in [0, 0.1) is 16.7 Å². The highest BCUT2D eigenvalue weighted by atomic mass is 16.2. The summed E-state index contributed by atoms with van der Waals surface area (Å²) >= 11 is 0. The number of rotatable bonds is 1. The maximum absolute atomic E-state index is 13.0. The fraction of sp³-hybridized carbons (Fsp3) is 0.938. The molecule has 0 aliphatic carbocycles. The van der Waals surface area contributed by atoms with Gasteiger partial charge in [-0.3, -0.25) is 9.69 Å². The second-order valence-corrected chi connectivity index (χ2v) is 8.31. The van der Waals surface area contributed by atoms with Gasteiger partial charge in [0.2, 0.25) is 5.91 Å². The normalized spacial score (nSPS) is 51.0. The predicted octanol–water partition coefficient (Wildman–Crippen LogP) is 0.881. The molecule has 4 heterocycles. The Bertz CT molecular complexity index is 413. The molecule has 0 aromatic heterocycles. The van der Waals surface area contributed by atoms with Crippen molar-refractivity contribution in [3.8, 4) is 0 Å². The summed E-state index contributed by atoms with van der Waals surface area (Å²) in [7, 11) is 2.21. The topological polar surface area (TPSA) is 26.8 Å². The van der Waals surface area contributed by atoms with E-state index in [0.29, 0.717) is 11.8 Å². The molecule has 0 aromatic rings. The van der Waals surface area contributed by atoms with E-state index in [9.17, 15) is 4.79 Å². The fourth-order valence-corrected chi connectivity index (χ4v) is 5.52. The van der Waals surface area contributed by atoms with E-state index in [1.165, 1.54) is 12.8 Å². The Hall–Kier alpha value is -0.610. The molecule has 3 unspecified atom stereocenters. The van der Waals surface area contributed by atoms with Gasteiger partial charge in [-0.05, 0) is 38.9 Å². The molecule has 4 fully saturated rings. The van der Waals surface area contributed by atoms with Crippen LogP contribution in [0.25, 0.3) is 0 Å². The monoisotopic (exact) mass is 277 g/mol. The number of likely N-dealkylation sites (tertiary alicyclic amines) is 2. The van der Waals surface area contributed by atoms with E-state index in [4.69, 9.17) is 0 Å². The first-order valence-corrected chi connectivity index (χ1v) is 8.13. The second kappa shape index (κ2) is 3.98. The molecular weight excluding hydrogens is 250 g/mol. The van der Waals surface area contributed by atoms with Gasteiger partial charge in [0.25, 0.3) is 0 Å². The molecule has 0 N–H and O–H groups in total. The number of carbonyl (C=O) groups excluding carboxylic acids is 1. The van der Waals surface area contributed by atoms with Crippen molar-refractivity contribution >= 4 is 5.91 Å². The minimum absolute atomic E-state index is 0.221. The molecule has 20 heavy (non-hydrogen) atoms. The second-order valence-electron chi connectivity index (χ2n) is 8.31. The Balaban J connectivity index is 1.53. The number of nitrogens with zero attached hydrogens (tertiary/aromatic N) is 3. The first kappa shape index (κ1) is 13.1. The van der Waals surface area contributed by atoms with E-state index in [2.05, 4.69) is 35.6 Å². The van der Waals surface area contributed by atoms with E-state index >= 15 is 0 Å². The van der Waals surface area contributed by atoms with E-state index in [1.807, 2.05) is 0 Å². The maximum Gasteiger partial charge on any atom is 0.240 e. The quantitative estimate of drug-likeness (QED) is 0.712. The van der Waals surface area contributed by atoms with Crippen LogP contribution >= 0.6 is 0 Å². The number of fused-ring (bicyclic) bond motifs is 3. The zero-order chi connectivity index (χ0) is 14.1. The Morgan fingerprint density at radius 2 is 1.55 bits per heavy atom. The van der Waals surface area contributed by atoms with Crippen molar-refractivity contribution in [2.75, 3.05) is 46.3 Å². The molecule has 4 aliphatic rings. The van der Waals surface area contributed by atoms with Crippen LogP contribution in [0.2, 0.25) is 0 Å². The van der Waals surface area contributed by atoms with Gasteiger partial charge in [-0.15, -0.1) is 0 Å². The SMILES string of the molecule is CN1CC2(C)CN(C(=O)C3C4CCN3CC4)CC2(C)C1. The number of hydrogen-bond donors (Lipinski definition) is 0. The summed E-state index contributed by atoms with van der Waals surface area (Å²) in [5, 5.41) is 0. The van der Waals surface area contributed by atoms with Crippen LogP contribution in [0.5, 0.6) is 0 Å². The zero-order valence-corrected chi connectivity index (χ0v) is 13.1. The van der Waals surface area contributed by atoms with E-state index in [-0.39, 0.29) is 16.9 Å². The highest BCUT2D eigenvalue weighted by molar-refractivity contribution is 5.83. The van der Waals surface area contributed by atoms with Crippen molar-refractivity contribution in [2.24, 2.45) is 16.7 Å². The van der Waals surface area contributed by atoms with E-state index < -0.39 is 0 Å². The van der Waals surface area contributed by atoms with Gasteiger partial charge in [0.15, 0.2) is 0 Å².